The van der Waals surface area contributed by atoms with Crippen LogP contribution < -0.4 is 5.73 Å². The van der Waals surface area contributed by atoms with Crippen LogP contribution in [0.5, 0.6) is 0 Å². The third-order valence-corrected chi connectivity index (χ3v) is 2.41. The van der Waals surface area contributed by atoms with E-state index in [4.69, 9.17) is 5.73 Å². The van der Waals surface area contributed by atoms with Crippen molar-refractivity contribution in [2.45, 2.75) is 58.9 Å². The molecular formula is C12H26N2O. The molecule has 0 radical (unpaired) electrons. The van der Waals surface area contributed by atoms with Crippen LogP contribution in [0, 0.1) is 0 Å². The van der Waals surface area contributed by atoms with Crippen LogP contribution in [0.15, 0.2) is 0 Å². The van der Waals surface area contributed by atoms with Crippen molar-refractivity contribution in [1.29, 1.82) is 0 Å². The topological polar surface area (TPSA) is 46.3 Å². The lowest BCUT2D eigenvalue weighted by Crippen LogP contribution is -2.36. The lowest BCUT2D eigenvalue weighted by Gasteiger charge is -2.23. The number of hydrogen-bond donors (Lipinski definition) is 1. The monoisotopic (exact) mass is 214 g/mol. The Labute approximate surface area is 94.0 Å². The van der Waals surface area contributed by atoms with E-state index in [1.54, 1.807) is 0 Å². The zero-order valence-electron chi connectivity index (χ0n) is 10.5. The van der Waals surface area contributed by atoms with Crippen molar-refractivity contribution in [2.24, 2.45) is 5.73 Å². The highest BCUT2D eigenvalue weighted by Crippen LogP contribution is 2.03. The fourth-order valence-electron chi connectivity index (χ4n) is 1.46. The standard InChI is InChI=1S/C12H26N2O/c1-4-6-8-14(9-7-5-2)12(15)10-11(3)13/h11H,4-10,13H2,1-3H3. The number of amides is 1. The summed E-state index contributed by atoms with van der Waals surface area (Å²) in [4.78, 5) is 13.8. The van der Waals surface area contributed by atoms with Gasteiger partial charge in [0.1, 0.15) is 0 Å². The molecule has 0 saturated carbocycles. The van der Waals surface area contributed by atoms with Crippen LogP contribution in [0.3, 0.4) is 0 Å². The molecule has 90 valence electrons. The quantitative estimate of drug-likeness (QED) is 0.673. The van der Waals surface area contributed by atoms with Crippen LogP contribution in [0.1, 0.15) is 52.9 Å². The van der Waals surface area contributed by atoms with Crippen molar-refractivity contribution in [1.82, 2.24) is 4.90 Å². The van der Waals surface area contributed by atoms with E-state index in [9.17, 15) is 4.79 Å². The van der Waals surface area contributed by atoms with Crippen LogP contribution in [0.2, 0.25) is 0 Å². The minimum Gasteiger partial charge on any atom is -0.343 e. The molecule has 1 amide bonds. The number of nitrogens with zero attached hydrogens (tertiary/aromatic N) is 1. The maximum Gasteiger partial charge on any atom is 0.224 e. The van der Waals surface area contributed by atoms with Crippen LogP contribution >= 0.6 is 0 Å². The highest BCUT2D eigenvalue weighted by atomic mass is 16.2. The number of carbonyl (C=O) groups excluding carboxylic acids is 1. The molecule has 2 N–H and O–H groups in total. The average Bonchev–Trinajstić information content (AvgIpc) is 2.17. The van der Waals surface area contributed by atoms with Gasteiger partial charge in [-0.15, -0.1) is 0 Å². The van der Waals surface area contributed by atoms with E-state index in [1.165, 1.54) is 0 Å². The van der Waals surface area contributed by atoms with Crippen LogP contribution in [0.25, 0.3) is 0 Å². The van der Waals surface area contributed by atoms with E-state index in [-0.39, 0.29) is 11.9 Å². The maximum absolute atomic E-state index is 11.8. The molecule has 0 heterocycles. The summed E-state index contributed by atoms with van der Waals surface area (Å²) in [6.07, 6.45) is 4.93. The third kappa shape index (κ3) is 7.37. The molecule has 0 aliphatic rings. The Morgan fingerprint density at radius 3 is 2.00 bits per heavy atom. The Bertz CT molecular complexity index is 161. The second kappa shape index (κ2) is 8.72. The van der Waals surface area contributed by atoms with Gasteiger partial charge in [-0.25, -0.2) is 0 Å². The van der Waals surface area contributed by atoms with Crippen molar-refractivity contribution >= 4 is 5.91 Å². The molecule has 3 nitrogen and oxygen atoms in total. The van der Waals surface area contributed by atoms with E-state index in [2.05, 4.69) is 13.8 Å². The molecule has 0 aromatic heterocycles. The molecule has 0 rings (SSSR count). The zero-order chi connectivity index (χ0) is 11.7. The van der Waals surface area contributed by atoms with Crippen molar-refractivity contribution in [3.05, 3.63) is 0 Å². The summed E-state index contributed by atoms with van der Waals surface area (Å²) >= 11 is 0. The van der Waals surface area contributed by atoms with Crippen LogP contribution in [-0.4, -0.2) is 29.9 Å². The van der Waals surface area contributed by atoms with E-state index >= 15 is 0 Å². The van der Waals surface area contributed by atoms with Gasteiger partial charge in [-0.3, -0.25) is 4.79 Å². The molecule has 0 aliphatic heterocycles. The van der Waals surface area contributed by atoms with Crippen molar-refractivity contribution in [3.63, 3.8) is 0 Å². The third-order valence-electron chi connectivity index (χ3n) is 2.41. The van der Waals surface area contributed by atoms with Crippen LogP contribution in [0.4, 0.5) is 0 Å². The summed E-state index contributed by atoms with van der Waals surface area (Å²) in [7, 11) is 0. The second-order valence-corrected chi connectivity index (χ2v) is 4.27. The summed E-state index contributed by atoms with van der Waals surface area (Å²) in [5.41, 5.74) is 5.64. The molecule has 0 aromatic rings. The van der Waals surface area contributed by atoms with Gasteiger partial charge < -0.3 is 10.6 Å². The van der Waals surface area contributed by atoms with Crippen molar-refractivity contribution < 1.29 is 4.79 Å². The summed E-state index contributed by atoms with van der Waals surface area (Å²) in [6.45, 7) is 7.96. The van der Waals surface area contributed by atoms with Crippen molar-refractivity contribution in [2.75, 3.05) is 13.1 Å². The van der Waals surface area contributed by atoms with Crippen molar-refractivity contribution in [3.8, 4) is 0 Å². The second-order valence-electron chi connectivity index (χ2n) is 4.27. The van der Waals surface area contributed by atoms with Gasteiger partial charge in [0, 0.05) is 25.6 Å². The smallest absolute Gasteiger partial charge is 0.224 e. The predicted octanol–water partition coefficient (Wildman–Crippen LogP) is 2.15. The maximum atomic E-state index is 11.8. The number of nitrogens with two attached hydrogens (primary N) is 1. The predicted molar refractivity (Wildman–Crippen MR) is 64.7 cm³/mol. The minimum atomic E-state index is -0.0248. The van der Waals surface area contributed by atoms with Gasteiger partial charge in [0.05, 0.1) is 0 Å². The molecule has 0 bridgehead atoms. The molecule has 3 heteroatoms. The molecule has 0 fully saturated rings. The van der Waals surface area contributed by atoms with Gasteiger partial charge in [0.25, 0.3) is 0 Å². The Kier molecular flexibility index (Phi) is 8.38. The van der Waals surface area contributed by atoms with E-state index in [1.807, 2.05) is 11.8 Å². The Morgan fingerprint density at radius 1 is 1.20 bits per heavy atom. The first-order chi connectivity index (χ1) is 7.11. The highest BCUT2D eigenvalue weighted by molar-refractivity contribution is 5.76. The van der Waals surface area contributed by atoms with Gasteiger partial charge in [0.2, 0.25) is 5.91 Å². The lowest BCUT2D eigenvalue weighted by atomic mass is 10.2. The SMILES string of the molecule is CCCCN(CCCC)C(=O)CC(C)N. The first kappa shape index (κ1) is 14.4. The van der Waals surface area contributed by atoms with Gasteiger partial charge in [-0.2, -0.15) is 0 Å². The van der Waals surface area contributed by atoms with Gasteiger partial charge in [-0.05, 0) is 19.8 Å². The number of unbranched alkanes of at least 4 members (excludes halogenated alkanes) is 2. The molecule has 0 aromatic carbocycles. The van der Waals surface area contributed by atoms with Gasteiger partial charge in [0.15, 0.2) is 0 Å². The van der Waals surface area contributed by atoms with E-state index < -0.39 is 0 Å². The molecule has 1 atom stereocenters. The fourth-order valence-corrected chi connectivity index (χ4v) is 1.46. The van der Waals surface area contributed by atoms with Gasteiger partial charge in [-0.1, -0.05) is 26.7 Å². The fraction of sp³-hybridized carbons (Fsp3) is 0.917. The average molecular weight is 214 g/mol. The molecule has 0 spiro atoms. The Balaban J connectivity index is 4.01. The van der Waals surface area contributed by atoms with Gasteiger partial charge >= 0.3 is 0 Å². The Morgan fingerprint density at radius 2 is 1.67 bits per heavy atom. The summed E-state index contributed by atoms with van der Waals surface area (Å²) in [5, 5.41) is 0. The summed E-state index contributed by atoms with van der Waals surface area (Å²) in [6, 6.07) is -0.0248. The van der Waals surface area contributed by atoms with E-state index in [0.717, 1.165) is 38.8 Å². The highest BCUT2D eigenvalue weighted by Gasteiger charge is 2.13. The largest absolute Gasteiger partial charge is 0.343 e. The zero-order valence-corrected chi connectivity index (χ0v) is 10.5. The molecule has 0 aliphatic carbocycles. The Hall–Kier alpha value is -0.570. The lowest BCUT2D eigenvalue weighted by molar-refractivity contribution is -0.131. The summed E-state index contributed by atoms with van der Waals surface area (Å²) in [5.74, 6) is 0.215. The number of hydrogen-bond acceptors (Lipinski definition) is 2. The number of rotatable bonds is 8. The number of carbonyl (C=O) groups is 1. The minimum absolute atomic E-state index is 0.0248. The molecular weight excluding hydrogens is 188 g/mol. The molecule has 15 heavy (non-hydrogen) atoms. The van der Waals surface area contributed by atoms with E-state index in [0.29, 0.717) is 6.42 Å². The first-order valence-corrected chi connectivity index (χ1v) is 6.15. The molecule has 1 unspecified atom stereocenters. The van der Waals surface area contributed by atoms with Crippen LogP contribution in [-0.2, 0) is 4.79 Å². The first-order valence-electron chi connectivity index (χ1n) is 6.15. The summed E-state index contributed by atoms with van der Waals surface area (Å²) < 4.78 is 0. The normalized spacial score (nSPS) is 12.5. The molecule has 0 saturated heterocycles.